The van der Waals surface area contributed by atoms with E-state index in [-0.39, 0.29) is 39.8 Å². The van der Waals surface area contributed by atoms with Crippen molar-refractivity contribution in [2.24, 2.45) is 56.7 Å². The summed E-state index contributed by atoms with van der Waals surface area (Å²) in [7, 11) is 0. The van der Waals surface area contributed by atoms with E-state index in [1.165, 1.54) is 38.5 Å². The standard InChI is InChI=1S/C30H50O2/c1-18-9-12-27(5)15-16-29(7)20(24(27)19(18)2)17-21(31)25-28(6)13-11-23(32)26(3,4)22(28)10-14-30(25,29)8/h17-19,21-25,31-32H,9-16H2,1-8H3/t18-,19+,21-,22?,23+,24?,25?,27-,28+,29-,30-/m1/s1. The van der Waals surface area contributed by atoms with Crippen molar-refractivity contribution in [1.82, 2.24) is 0 Å². The molecular weight excluding hydrogens is 392 g/mol. The molecule has 0 aliphatic heterocycles. The van der Waals surface area contributed by atoms with Gasteiger partial charge in [0.2, 0.25) is 0 Å². The SMILES string of the molecule is C[C@@H]1CC[C@]2(C)CC[C@]3(C)C(=C[C@@H](O)C4[C@@]5(C)CC[C@H](O)C(C)(C)C5CC[C@]43C)C2[C@H]1C. The summed E-state index contributed by atoms with van der Waals surface area (Å²) < 4.78 is 0. The molecule has 4 saturated carbocycles. The monoisotopic (exact) mass is 442 g/mol. The van der Waals surface area contributed by atoms with Gasteiger partial charge in [0.1, 0.15) is 0 Å². The van der Waals surface area contributed by atoms with E-state index >= 15 is 0 Å². The van der Waals surface area contributed by atoms with Gasteiger partial charge in [0.25, 0.3) is 0 Å². The van der Waals surface area contributed by atoms with Gasteiger partial charge in [0.05, 0.1) is 12.2 Å². The Hall–Kier alpha value is -0.340. The van der Waals surface area contributed by atoms with Crippen LogP contribution in [0.3, 0.4) is 0 Å². The molecule has 0 bridgehead atoms. The number of allylic oxidation sites excluding steroid dienone is 1. The highest BCUT2D eigenvalue weighted by atomic mass is 16.3. The fourth-order valence-electron chi connectivity index (χ4n) is 10.9. The quantitative estimate of drug-likeness (QED) is 0.397. The lowest BCUT2D eigenvalue weighted by molar-refractivity contribution is -0.225. The summed E-state index contributed by atoms with van der Waals surface area (Å²) in [5, 5.41) is 22.8. The van der Waals surface area contributed by atoms with Gasteiger partial charge < -0.3 is 10.2 Å². The number of hydrogen-bond acceptors (Lipinski definition) is 2. The Labute approximate surface area is 197 Å². The molecule has 5 rings (SSSR count). The zero-order valence-corrected chi connectivity index (χ0v) is 22.2. The van der Waals surface area contributed by atoms with E-state index in [2.05, 4.69) is 61.5 Å². The molecule has 2 heteroatoms. The fourth-order valence-corrected chi connectivity index (χ4v) is 10.9. The van der Waals surface area contributed by atoms with Crippen molar-refractivity contribution < 1.29 is 10.2 Å². The third-order valence-electron chi connectivity index (χ3n) is 13.3. The van der Waals surface area contributed by atoms with Gasteiger partial charge in [-0.3, -0.25) is 0 Å². The largest absolute Gasteiger partial charge is 0.393 e. The van der Waals surface area contributed by atoms with E-state index in [0.29, 0.717) is 23.2 Å². The summed E-state index contributed by atoms with van der Waals surface area (Å²) in [6, 6.07) is 0. The second-order valence-corrected chi connectivity index (χ2v) is 14.8. The molecule has 0 aromatic carbocycles. The predicted octanol–water partition coefficient (Wildman–Crippen LogP) is 7.00. The molecule has 32 heavy (non-hydrogen) atoms. The van der Waals surface area contributed by atoms with Crippen LogP contribution in [0.1, 0.15) is 107 Å². The minimum absolute atomic E-state index is 0.0720. The van der Waals surface area contributed by atoms with Crippen LogP contribution in [0.2, 0.25) is 0 Å². The van der Waals surface area contributed by atoms with Crippen LogP contribution < -0.4 is 0 Å². The molecule has 0 amide bonds. The first-order valence-electron chi connectivity index (χ1n) is 13.8. The summed E-state index contributed by atoms with van der Waals surface area (Å²) in [5.74, 6) is 2.85. The van der Waals surface area contributed by atoms with Crippen molar-refractivity contribution >= 4 is 0 Å². The second kappa shape index (κ2) is 6.87. The van der Waals surface area contributed by atoms with Crippen molar-refractivity contribution in [3.8, 4) is 0 Å². The Balaban J connectivity index is 1.63. The van der Waals surface area contributed by atoms with Gasteiger partial charge in [-0.25, -0.2) is 0 Å². The van der Waals surface area contributed by atoms with Crippen LogP contribution in [-0.2, 0) is 0 Å². The number of aliphatic hydroxyl groups excluding tert-OH is 2. The van der Waals surface area contributed by atoms with Crippen molar-refractivity contribution in [3.05, 3.63) is 11.6 Å². The van der Waals surface area contributed by atoms with Crippen LogP contribution >= 0.6 is 0 Å². The highest BCUT2D eigenvalue weighted by molar-refractivity contribution is 5.35. The number of hydrogen-bond donors (Lipinski definition) is 2. The summed E-state index contributed by atoms with van der Waals surface area (Å²) in [5.41, 5.74) is 2.36. The Morgan fingerprint density at radius 1 is 0.812 bits per heavy atom. The van der Waals surface area contributed by atoms with Crippen LogP contribution in [0.15, 0.2) is 11.6 Å². The maximum Gasteiger partial charge on any atom is 0.0762 e. The lowest BCUT2D eigenvalue weighted by Gasteiger charge is -2.72. The molecule has 5 aliphatic carbocycles. The molecular formula is C30H50O2. The van der Waals surface area contributed by atoms with E-state index in [0.717, 1.165) is 18.8 Å². The maximum atomic E-state index is 12.0. The van der Waals surface area contributed by atoms with Gasteiger partial charge >= 0.3 is 0 Å². The van der Waals surface area contributed by atoms with Crippen LogP contribution in [0.25, 0.3) is 0 Å². The minimum Gasteiger partial charge on any atom is -0.393 e. The van der Waals surface area contributed by atoms with Crippen LogP contribution in [0.5, 0.6) is 0 Å². The summed E-state index contributed by atoms with van der Waals surface area (Å²) >= 11 is 0. The first-order chi connectivity index (χ1) is 14.7. The Kier molecular flexibility index (Phi) is 5.02. The number of aliphatic hydroxyl groups is 2. The van der Waals surface area contributed by atoms with Gasteiger partial charge in [0.15, 0.2) is 0 Å². The molecule has 4 fully saturated rings. The van der Waals surface area contributed by atoms with Crippen LogP contribution in [0, 0.1) is 56.7 Å². The Morgan fingerprint density at radius 3 is 2.19 bits per heavy atom. The Bertz CT molecular complexity index is 814. The molecule has 11 atom stereocenters. The van der Waals surface area contributed by atoms with E-state index in [9.17, 15) is 10.2 Å². The molecule has 0 aromatic heterocycles. The molecule has 0 heterocycles. The normalized spacial score (nSPS) is 59.2. The maximum absolute atomic E-state index is 12.0. The average Bonchev–Trinajstić information content (AvgIpc) is 2.70. The Morgan fingerprint density at radius 2 is 1.50 bits per heavy atom. The van der Waals surface area contributed by atoms with Crippen LogP contribution in [-0.4, -0.2) is 22.4 Å². The fraction of sp³-hybridized carbons (Fsp3) is 0.933. The summed E-state index contributed by atoms with van der Waals surface area (Å²) in [6.07, 6.45) is 11.5. The number of fused-ring (bicyclic) bond motifs is 7. The van der Waals surface area contributed by atoms with Gasteiger partial charge in [-0.05, 0) is 102 Å². The zero-order chi connectivity index (χ0) is 23.5. The third kappa shape index (κ3) is 2.66. The molecule has 182 valence electrons. The molecule has 0 spiro atoms. The van der Waals surface area contributed by atoms with Gasteiger partial charge in [-0.2, -0.15) is 0 Å². The highest BCUT2D eigenvalue weighted by Crippen LogP contribution is 2.75. The smallest absolute Gasteiger partial charge is 0.0762 e. The molecule has 0 radical (unpaired) electrons. The lowest BCUT2D eigenvalue weighted by Crippen LogP contribution is -2.67. The second-order valence-electron chi connectivity index (χ2n) is 14.8. The first-order valence-corrected chi connectivity index (χ1v) is 13.8. The first kappa shape index (κ1) is 23.4. The topological polar surface area (TPSA) is 40.5 Å². The van der Waals surface area contributed by atoms with Crippen molar-refractivity contribution in [2.75, 3.05) is 0 Å². The van der Waals surface area contributed by atoms with E-state index in [4.69, 9.17) is 0 Å². The molecule has 5 aliphatic rings. The lowest BCUT2D eigenvalue weighted by atomic mass is 9.33. The molecule has 2 N–H and O–H groups in total. The van der Waals surface area contributed by atoms with Gasteiger partial charge in [-0.1, -0.05) is 67.0 Å². The van der Waals surface area contributed by atoms with Crippen molar-refractivity contribution in [3.63, 3.8) is 0 Å². The zero-order valence-electron chi connectivity index (χ0n) is 22.2. The summed E-state index contributed by atoms with van der Waals surface area (Å²) in [6.45, 7) is 19.7. The van der Waals surface area contributed by atoms with E-state index in [1.807, 2.05) is 0 Å². The number of rotatable bonds is 0. The van der Waals surface area contributed by atoms with E-state index in [1.54, 1.807) is 5.57 Å². The predicted molar refractivity (Wildman–Crippen MR) is 132 cm³/mol. The highest BCUT2D eigenvalue weighted by Gasteiger charge is 2.69. The summed E-state index contributed by atoms with van der Waals surface area (Å²) in [4.78, 5) is 0. The van der Waals surface area contributed by atoms with E-state index < -0.39 is 0 Å². The van der Waals surface area contributed by atoms with Gasteiger partial charge in [0, 0.05) is 5.92 Å². The molecule has 0 saturated heterocycles. The average molecular weight is 443 g/mol. The molecule has 3 unspecified atom stereocenters. The minimum atomic E-state index is -0.353. The van der Waals surface area contributed by atoms with Gasteiger partial charge in [-0.15, -0.1) is 0 Å². The van der Waals surface area contributed by atoms with Crippen molar-refractivity contribution in [2.45, 2.75) is 119 Å². The molecule has 2 nitrogen and oxygen atoms in total. The third-order valence-corrected chi connectivity index (χ3v) is 13.3. The molecule has 0 aromatic rings. The van der Waals surface area contributed by atoms with Crippen molar-refractivity contribution in [1.29, 1.82) is 0 Å². The van der Waals surface area contributed by atoms with Crippen LogP contribution in [0.4, 0.5) is 0 Å².